The summed E-state index contributed by atoms with van der Waals surface area (Å²) in [4.78, 5) is 27.9. The van der Waals surface area contributed by atoms with Crippen molar-refractivity contribution >= 4 is 23.4 Å². The van der Waals surface area contributed by atoms with Gasteiger partial charge in [-0.1, -0.05) is 23.7 Å². The Labute approximate surface area is 145 Å². The van der Waals surface area contributed by atoms with Crippen molar-refractivity contribution in [2.45, 2.75) is 31.3 Å². The lowest BCUT2D eigenvalue weighted by Crippen LogP contribution is -2.49. The highest BCUT2D eigenvalue weighted by Gasteiger charge is 2.25. The van der Waals surface area contributed by atoms with Gasteiger partial charge in [0.2, 0.25) is 11.8 Å². The van der Waals surface area contributed by atoms with Crippen molar-refractivity contribution in [2.75, 3.05) is 6.54 Å². The Morgan fingerprint density at radius 2 is 2.21 bits per heavy atom. The molecule has 2 amide bonds. The molecule has 0 saturated carbocycles. The lowest BCUT2D eigenvalue weighted by atomic mass is 10.0. The van der Waals surface area contributed by atoms with Crippen LogP contribution in [0.3, 0.4) is 0 Å². The minimum absolute atomic E-state index is 0.0646. The van der Waals surface area contributed by atoms with Crippen LogP contribution < -0.4 is 10.6 Å². The molecule has 24 heavy (non-hydrogen) atoms. The molecule has 7 heteroatoms. The molecule has 1 aromatic heterocycles. The predicted molar refractivity (Wildman–Crippen MR) is 90.6 cm³/mol. The normalized spacial score (nSPS) is 18.7. The highest BCUT2D eigenvalue weighted by Crippen LogP contribution is 2.20. The number of rotatable bonds is 5. The number of aromatic nitrogens is 2. The molecular formula is C17H19ClN4O2. The van der Waals surface area contributed by atoms with Crippen LogP contribution in [-0.2, 0) is 9.59 Å². The van der Waals surface area contributed by atoms with E-state index in [2.05, 4.69) is 15.6 Å². The fraction of sp³-hybridized carbons (Fsp3) is 0.353. The van der Waals surface area contributed by atoms with Crippen molar-refractivity contribution in [3.8, 4) is 0 Å². The summed E-state index contributed by atoms with van der Waals surface area (Å²) >= 11 is 5.95. The zero-order chi connectivity index (χ0) is 16.9. The van der Waals surface area contributed by atoms with Crippen molar-refractivity contribution in [1.82, 2.24) is 20.2 Å². The molecule has 1 aromatic carbocycles. The highest BCUT2D eigenvalue weighted by atomic mass is 35.5. The van der Waals surface area contributed by atoms with Crippen LogP contribution in [0.15, 0.2) is 43.0 Å². The lowest BCUT2D eigenvalue weighted by molar-refractivity contribution is -0.131. The molecule has 1 aliphatic rings. The molecule has 2 N–H and O–H groups in total. The predicted octanol–water partition coefficient (Wildman–Crippen LogP) is 1.91. The van der Waals surface area contributed by atoms with Crippen LogP contribution >= 0.6 is 11.6 Å². The molecule has 2 heterocycles. The molecular weight excluding hydrogens is 328 g/mol. The molecule has 6 nitrogen and oxygen atoms in total. The number of carbonyl (C=O) groups excluding carboxylic acids is 2. The van der Waals surface area contributed by atoms with Crippen molar-refractivity contribution < 1.29 is 9.59 Å². The van der Waals surface area contributed by atoms with Gasteiger partial charge in [0.1, 0.15) is 6.04 Å². The van der Waals surface area contributed by atoms with Crippen molar-refractivity contribution in [3.63, 3.8) is 0 Å². The first-order chi connectivity index (χ1) is 11.6. The summed E-state index contributed by atoms with van der Waals surface area (Å²) < 4.78 is 1.93. The number of amides is 2. The average Bonchev–Trinajstić information content (AvgIpc) is 3.11. The zero-order valence-corrected chi connectivity index (χ0v) is 13.9. The van der Waals surface area contributed by atoms with E-state index < -0.39 is 6.04 Å². The summed E-state index contributed by atoms with van der Waals surface area (Å²) in [6.45, 7) is 0.406. The second kappa shape index (κ2) is 7.49. The van der Waals surface area contributed by atoms with E-state index in [1.807, 2.05) is 35.0 Å². The SMILES string of the molecule is O=C1CCCC(C(=O)NCC(c2ccc(Cl)cc2)n2ccnc2)N1. The maximum atomic E-state index is 12.3. The second-order valence-corrected chi connectivity index (χ2v) is 6.27. The van der Waals surface area contributed by atoms with Crippen LogP contribution in [0.25, 0.3) is 0 Å². The van der Waals surface area contributed by atoms with Gasteiger partial charge in [-0.3, -0.25) is 9.59 Å². The first-order valence-corrected chi connectivity index (χ1v) is 8.31. The Morgan fingerprint density at radius 1 is 1.42 bits per heavy atom. The molecule has 1 saturated heterocycles. The Hall–Kier alpha value is -2.34. The van der Waals surface area contributed by atoms with Crippen LogP contribution in [0.4, 0.5) is 0 Å². The van der Waals surface area contributed by atoms with E-state index in [0.29, 0.717) is 24.4 Å². The third-order valence-electron chi connectivity index (χ3n) is 4.16. The van der Waals surface area contributed by atoms with Gasteiger partial charge >= 0.3 is 0 Å². The summed E-state index contributed by atoms with van der Waals surface area (Å²) in [5, 5.41) is 6.34. The van der Waals surface area contributed by atoms with Gasteiger partial charge in [0, 0.05) is 30.4 Å². The van der Waals surface area contributed by atoms with E-state index in [-0.39, 0.29) is 17.9 Å². The smallest absolute Gasteiger partial charge is 0.242 e. The van der Waals surface area contributed by atoms with Gasteiger partial charge in [0.15, 0.2) is 0 Å². The quantitative estimate of drug-likeness (QED) is 0.868. The molecule has 3 rings (SSSR count). The van der Waals surface area contributed by atoms with Gasteiger partial charge in [-0.25, -0.2) is 4.98 Å². The third kappa shape index (κ3) is 3.94. The largest absolute Gasteiger partial charge is 0.352 e. The molecule has 1 aliphatic heterocycles. The Balaban J connectivity index is 1.69. The number of nitrogens with one attached hydrogen (secondary N) is 2. The van der Waals surface area contributed by atoms with Gasteiger partial charge in [0.05, 0.1) is 12.4 Å². The molecule has 2 unspecified atom stereocenters. The molecule has 1 fully saturated rings. The van der Waals surface area contributed by atoms with Gasteiger partial charge < -0.3 is 15.2 Å². The van der Waals surface area contributed by atoms with Crippen LogP contribution in [0, 0.1) is 0 Å². The first kappa shape index (κ1) is 16.5. The number of benzene rings is 1. The van der Waals surface area contributed by atoms with Gasteiger partial charge in [-0.2, -0.15) is 0 Å². The summed E-state index contributed by atoms with van der Waals surface area (Å²) in [6.07, 6.45) is 7.18. The van der Waals surface area contributed by atoms with E-state index in [4.69, 9.17) is 11.6 Å². The molecule has 0 spiro atoms. The topological polar surface area (TPSA) is 76.0 Å². The number of nitrogens with zero attached hydrogens (tertiary/aromatic N) is 2. The first-order valence-electron chi connectivity index (χ1n) is 7.93. The average molecular weight is 347 g/mol. The summed E-state index contributed by atoms with van der Waals surface area (Å²) in [6, 6.07) is 6.98. The third-order valence-corrected chi connectivity index (χ3v) is 4.41. The van der Waals surface area contributed by atoms with Crippen molar-refractivity contribution in [1.29, 1.82) is 0 Å². The molecule has 0 radical (unpaired) electrons. The minimum Gasteiger partial charge on any atom is -0.352 e. The van der Waals surface area contributed by atoms with Crippen LogP contribution in [0.1, 0.15) is 30.9 Å². The summed E-state index contributed by atoms with van der Waals surface area (Å²) in [7, 11) is 0. The molecule has 126 valence electrons. The molecule has 0 bridgehead atoms. The van der Waals surface area contributed by atoms with Crippen LogP contribution in [0.2, 0.25) is 5.02 Å². The van der Waals surface area contributed by atoms with Gasteiger partial charge in [-0.15, -0.1) is 0 Å². The van der Waals surface area contributed by atoms with E-state index in [9.17, 15) is 9.59 Å². The Morgan fingerprint density at radius 3 is 2.88 bits per heavy atom. The summed E-state index contributed by atoms with van der Waals surface area (Å²) in [5.74, 6) is -0.215. The van der Waals surface area contributed by atoms with Crippen LogP contribution in [0.5, 0.6) is 0 Å². The maximum Gasteiger partial charge on any atom is 0.242 e. The van der Waals surface area contributed by atoms with Crippen LogP contribution in [-0.4, -0.2) is 34.0 Å². The van der Waals surface area contributed by atoms with E-state index in [1.165, 1.54) is 0 Å². The number of imidazole rings is 1. The second-order valence-electron chi connectivity index (χ2n) is 5.83. The number of halogens is 1. The Kier molecular flexibility index (Phi) is 5.15. The number of piperidine rings is 1. The van der Waals surface area contributed by atoms with Crippen molar-refractivity contribution in [3.05, 3.63) is 53.6 Å². The van der Waals surface area contributed by atoms with Crippen molar-refractivity contribution in [2.24, 2.45) is 0 Å². The molecule has 2 aromatic rings. The monoisotopic (exact) mass is 346 g/mol. The molecule has 0 aliphatic carbocycles. The lowest BCUT2D eigenvalue weighted by Gasteiger charge is -2.25. The van der Waals surface area contributed by atoms with E-state index in [1.54, 1.807) is 12.5 Å². The number of carbonyl (C=O) groups is 2. The fourth-order valence-electron chi connectivity index (χ4n) is 2.86. The number of hydrogen-bond donors (Lipinski definition) is 2. The molecule has 2 atom stereocenters. The standard InChI is InChI=1S/C17H19ClN4O2/c18-13-6-4-12(5-7-13)15(22-9-8-19-11-22)10-20-17(24)14-2-1-3-16(23)21-14/h4-9,11,14-15H,1-3,10H2,(H,20,24)(H,21,23). The summed E-state index contributed by atoms with van der Waals surface area (Å²) in [5.41, 5.74) is 1.02. The van der Waals surface area contributed by atoms with E-state index >= 15 is 0 Å². The highest BCUT2D eigenvalue weighted by molar-refractivity contribution is 6.30. The maximum absolute atomic E-state index is 12.3. The fourth-order valence-corrected chi connectivity index (χ4v) is 2.98. The van der Waals surface area contributed by atoms with Gasteiger partial charge in [0.25, 0.3) is 0 Å². The number of hydrogen-bond acceptors (Lipinski definition) is 3. The van der Waals surface area contributed by atoms with Gasteiger partial charge in [-0.05, 0) is 30.5 Å². The van der Waals surface area contributed by atoms with E-state index in [0.717, 1.165) is 12.0 Å². The Bertz CT molecular complexity index is 700. The zero-order valence-electron chi connectivity index (χ0n) is 13.1. The minimum atomic E-state index is -0.445.